The second kappa shape index (κ2) is 6.25. The Morgan fingerprint density at radius 2 is 2.15 bits per heavy atom. The number of furan rings is 1. The SMILES string of the molecule is COc1cccc(COC(C)c2ccc(C(=O)O)o2)c1. The first-order chi connectivity index (χ1) is 9.60. The van der Waals surface area contributed by atoms with E-state index in [2.05, 4.69) is 0 Å². The zero-order valence-electron chi connectivity index (χ0n) is 11.3. The molecule has 5 heteroatoms. The molecule has 1 aromatic carbocycles. The van der Waals surface area contributed by atoms with Crippen molar-refractivity contribution in [1.29, 1.82) is 0 Å². The van der Waals surface area contributed by atoms with Crippen molar-refractivity contribution in [3.63, 3.8) is 0 Å². The van der Waals surface area contributed by atoms with Gasteiger partial charge in [0.1, 0.15) is 17.6 Å². The molecule has 0 radical (unpaired) electrons. The molecule has 0 spiro atoms. The van der Waals surface area contributed by atoms with Crippen molar-refractivity contribution in [3.8, 4) is 5.75 Å². The van der Waals surface area contributed by atoms with Gasteiger partial charge in [-0.05, 0) is 36.8 Å². The van der Waals surface area contributed by atoms with E-state index in [-0.39, 0.29) is 11.9 Å². The third kappa shape index (κ3) is 3.39. The van der Waals surface area contributed by atoms with Gasteiger partial charge in [0.2, 0.25) is 5.76 Å². The monoisotopic (exact) mass is 276 g/mol. The number of benzene rings is 1. The van der Waals surface area contributed by atoms with Crippen molar-refractivity contribution in [1.82, 2.24) is 0 Å². The minimum Gasteiger partial charge on any atom is -0.497 e. The van der Waals surface area contributed by atoms with E-state index >= 15 is 0 Å². The molecule has 1 heterocycles. The highest BCUT2D eigenvalue weighted by Crippen LogP contribution is 2.22. The molecule has 1 N–H and O–H groups in total. The first-order valence-electron chi connectivity index (χ1n) is 6.17. The van der Waals surface area contributed by atoms with Crippen molar-refractivity contribution in [2.24, 2.45) is 0 Å². The van der Waals surface area contributed by atoms with Gasteiger partial charge in [0, 0.05) is 0 Å². The molecule has 0 aliphatic carbocycles. The Bertz CT molecular complexity index is 587. The fraction of sp³-hybridized carbons (Fsp3) is 0.267. The van der Waals surface area contributed by atoms with E-state index in [1.54, 1.807) is 13.2 Å². The summed E-state index contributed by atoms with van der Waals surface area (Å²) in [5.41, 5.74) is 0.973. The predicted octanol–water partition coefficient (Wildman–Crippen LogP) is 3.26. The van der Waals surface area contributed by atoms with Crippen LogP contribution in [0.15, 0.2) is 40.8 Å². The molecule has 0 saturated carbocycles. The third-order valence-corrected chi connectivity index (χ3v) is 2.87. The first-order valence-corrected chi connectivity index (χ1v) is 6.17. The number of methoxy groups -OCH3 is 1. The van der Waals surface area contributed by atoms with Crippen LogP contribution < -0.4 is 4.74 Å². The van der Waals surface area contributed by atoms with E-state index in [1.165, 1.54) is 6.07 Å². The molecule has 106 valence electrons. The topological polar surface area (TPSA) is 68.9 Å². The van der Waals surface area contributed by atoms with E-state index in [0.29, 0.717) is 12.4 Å². The van der Waals surface area contributed by atoms with Crippen LogP contribution in [0.5, 0.6) is 5.75 Å². The summed E-state index contributed by atoms with van der Waals surface area (Å²) in [6.07, 6.45) is -0.325. The van der Waals surface area contributed by atoms with Crippen LogP contribution in [0.25, 0.3) is 0 Å². The Kier molecular flexibility index (Phi) is 4.42. The van der Waals surface area contributed by atoms with Crippen molar-refractivity contribution in [3.05, 3.63) is 53.5 Å². The van der Waals surface area contributed by atoms with Gasteiger partial charge in [-0.1, -0.05) is 12.1 Å². The lowest BCUT2D eigenvalue weighted by Crippen LogP contribution is -2.00. The molecule has 20 heavy (non-hydrogen) atoms. The van der Waals surface area contributed by atoms with E-state index < -0.39 is 5.97 Å². The van der Waals surface area contributed by atoms with Crippen LogP contribution in [0.1, 0.15) is 34.9 Å². The number of ether oxygens (including phenoxy) is 2. The zero-order chi connectivity index (χ0) is 14.5. The second-order valence-corrected chi connectivity index (χ2v) is 4.31. The molecule has 0 amide bonds. The fourth-order valence-electron chi connectivity index (χ4n) is 1.75. The van der Waals surface area contributed by atoms with Gasteiger partial charge in [0.25, 0.3) is 0 Å². The number of hydrogen-bond acceptors (Lipinski definition) is 4. The average molecular weight is 276 g/mol. The van der Waals surface area contributed by atoms with Gasteiger partial charge >= 0.3 is 5.97 Å². The van der Waals surface area contributed by atoms with Crippen molar-refractivity contribution in [2.45, 2.75) is 19.6 Å². The maximum atomic E-state index is 10.7. The molecule has 0 saturated heterocycles. The summed E-state index contributed by atoms with van der Waals surface area (Å²) in [5.74, 6) is 0.0864. The number of carboxylic acids is 1. The summed E-state index contributed by atoms with van der Waals surface area (Å²) in [6, 6.07) is 10.6. The molecule has 1 aromatic heterocycles. The molecule has 0 bridgehead atoms. The van der Waals surface area contributed by atoms with Gasteiger partial charge in [-0.3, -0.25) is 0 Å². The standard InChI is InChI=1S/C15H16O5/c1-10(13-6-7-14(20-13)15(16)17)19-9-11-4-3-5-12(8-11)18-2/h3-8,10H,9H2,1-2H3,(H,16,17). The van der Waals surface area contributed by atoms with Crippen LogP contribution in [0, 0.1) is 0 Å². The summed E-state index contributed by atoms with van der Waals surface area (Å²) in [7, 11) is 1.61. The molecule has 5 nitrogen and oxygen atoms in total. The molecule has 0 fully saturated rings. The Balaban J connectivity index is 1.96. The molecule has 2 rings (SSSR count). The van der Waals surface area contributed by atoms with Crippen molar-refractivity contribution < 1.29 is 23.8 Å². The minimum absolute atomic E-state index is 0.0863. The Morgan fingerprint density at radius 1 is 1.35 bits per heavy atom. The van der Waals surface area contributed by atoms with Crippen LogP contribution >= 0.6 is 0 Å². The number of aromatic carboxylic acids is 1. The number of rotatable bonds is 6. The second-order valence-electron chi connectivity index (χ2n) is 4.31. The number of hydrogen-bond donors (Lipinski definition) is 1. The Morgan fingerprint density at radius 3 is 2.80 bits per heavy atom. The normalized spacial score (nSPS) is 12.1. The quantitative estimate of drug-likeness (QED) is 0.877. The molecule has 1 atom stereocenters. The van der Waals surface area contributed by atoms with Gasteiger partial charge in [-0.15, -0.1) is 0 Å². The van der Waals surface area contributed by atoms with Crippen LogP contribution in [-0.4, -0.2) is 18.2 Å². The minimum atomic E-state index is -1.09. The van der Waals surface area contributed by atoms with E-state index in [9.17, 15) is 4.79 Å². The van der Waals surface area contributed by atoms with Gasteiger partial charge in [0.05, 0.1) is 13.7 Å². The van der Waals surface area contributed by atoms with Gasteiger partial charge in [0.15, 0.2) is 0 Å². The van der Waals surface area contributed by atoms with Gasteiger partial charge in [-0.25, -0.2) is 4.79 Å². The zero-order valence-corrected chi connectivity index (χ0v) is 11.3. The van der Waals surface area contributed by atoms with E-state index in [4.69, 9.17) is 19.0 Å². The Labute approximate surface area is 116 Å². The molecule has 0 aliphatic rings. The van der Waals surface area contributed by atoms with E-state index in [0.717, 1.165) is 11.3 Å². The summed E-state index contributed by atoms with van der Waals surface area (Å²) in [6.45, 7) is 2.20. The summed E-state index contributed by atoms with van der Waals surface area (Å²) >= 11 is 0. The van der Waals surface area contributed by atoms with Crippen LogP contribution in [0.2, 0.25) is 0 Å². The van der Waals surface area contributed by atoms with E-state index in [1.807, 2.05) is 31.2 Å². The van der Waals surface area contributed by atoms with Crippen molar-refractivity contribution in [2.75, 3.05) is 7.11 Å². The highest BCUT2D eigenvalue weighted by Gasteiger charge is 2.14. The maximum Gasteiger partial charge on any atom is 0.371 e. The molecular weight excluding hydrogens is 260 g/mol. The first kappa shape index (κ1) is 14.1. The van der Waals surface area contributed by atoms with Gasteiger partial charge in [-0.2, -0.15) is 0 Å². The smallest absolute Gasteiger partial charge is 0.371 e. The maximum absolute atomic E-state index is 10.7. The summed E-state index contributed by atoms with van der Waals surface area (Å²) in [4.78, 5) is 10.7. The molecule has 1 unspecified atom stereocenters. The van der Waals surface area contributed by atoms with Crippen LogP contribution in [0.4, 0.5) is 0 Å². The lowest BCUT2D eigenvalue weighted by molar-refractivity contribution is 0.0360. The summed E-state index contributed by atoms with van der Waals surface area (Å²) in [5, 5.41) is 8.80. The molecule has 0 aliphatic heterocycles. The molecular formula is C15H16O5. The average Bonchev–Trinajstić information content (AvgIpc) is 2.95. The lowest BCUT2D eigenvalue weighted by atomic mass is 10.2. The lowest BCUT2D eigenvalue weighted by Gasteiger charge is -2.11. The highest BCUT2D eigenvalue weighted by atomic mass is 16.5. The van der Waals surface area contributed by atoms with Crippen LogP contribution in [-0.2, 0) is 11.3 Å². The van der Waals surface area contributed by atoms with Gasteiger partial charge < -0.3 is 19.0 Å². The fourth-order valence-corrected chi connectivity index (χ4v) is 1.75. The molecule has 2 aromatic rings. The summed E-state index contributed by atoms with van der Waals surface area (Å²) < 4.78 is 16.0. The van der Waals surface area contributed by atoms with Crippen LogP contribution in [0.3, 0.4) is 0 Å². The predicted molar refractivity (Wildman–Crippen MR) is 71.9 cm³/mol. The highest BCUT2D eigenvalue weighted by molar-refractivity contribution is 5.84. The van der Waals surface area contributed by atoms with Crippen molar-refractivity contribution >= 4 is 5.97 Å². The largest absolute Gasteiger partial charge is 0.497 e. The number of carboxylic acid groups (broad SMARTS) is 1. The Hall–Kier alpha value is -2.27. The third-order valence-electron chi connectivity index (χ3n) is 2.87. The number of carbonyl (C=O) groups is 1.